The van der Waals surface area contributed by atoms with Crippen LogP contribution < -0.4 is 9.47 Å². The molecule has 0 spiro atoms. The molecule has 1 heterocycles. The topological polar surface area (TPSA) is 61.3 Å². The van der Waals surface area contributed by atoms with Crippen molar-refractivity contribution in [3.63, 3.8) is 0 Å². The Morgan fingerprint density at radius 1 is 1.35 bits per heavy atom. The molecule has 1 aliphatic carbocycles. The van der Waals surface area contributed by atoms with E-state index in [1.165, 1.54) is 7.11 Å². The molecule has 5 heteroatoms. The lowest BCUT2D eigenvalue weighted by Gasteiger charge is -2.22. The summed E-state index contributed by atoms with van der Waals surface area (Å²) in [5.74, 6) is 0.993. The molecule has 1 atom stereocenters. The van der Waals surface area contributed by atoms with E-state index in [1.54, 1.807) is 13.3 Å². The molecule has 0 radical (unpaired) electrons. The Labute approximate surface area is 100 Å². The SMILES string of the molecule is COc1ncc([C@H]2CCCC(=O)C2)c(OC)n1. The molecule has 1 saturated carbocycles. The van der Waals surface area contributed by atoms with E-state index in [0.29, 0.717) is 24.5 Å². The minimum absolute atomic E-state index is 0.178. The van der Waals surface area contributed by atoms with E-state index in [4.69, 9.17) is 9.47 Å². The molecular weight excluding hydrogens is 220 g/mol. The number of carbonyl (C=O) groups is 1. The van der Waals surface area contributed by atoms with Crippen LogP contribution in [0.1, 0.15) is 37.2 Å². The van der Waals surface area contributed by atoms with Gasteiger partial charge in [-0.2, -0.15) is 4.98 Å². The smallest absolute Gasteiger partial charge is 0.319 e. The first-order valence-corrected chi connectivity index (χ1v) is 5.71. The van der Waals surface area contributed by atoms with Gasteiger partial charge in [0.15, 0.2) is 0 Å². The summed E-state index contributed by atoms with van der Waals surface area (Å²) in [5, 5.41) is 0. The molecule has 0 amide bonds. The van der Waals surface area contributed by atoms with Gasteiger partial charge in [-0.15, -0.1) is 0 Å². The Bertz CT molecular complexity index is 420. The Hall–Kier alpha value is -1.65. The third kappa shape index (κ3) is 2.54. The van der Waals surface area contributed by atoms with Gasteiger partial charge in [0, 0.05) is 24.6 Å². The lowest BCUT2D eigenvalue weighted by molar-refractivity contribution is -0.120. The maximum Gasteiger partial charge on any atom is 0.319 e. The number of rotatable bonds is 3. The summed E-state index contributed by atoms with van der Waals surface area (Å²) in [7, 11) is 3.08. The maximum absolute atomic E-state index is 11.5. The van der Waals surface area contributed by atoms with Crippen LogP contribution in [-0.2, 0) is 4.79 Å². The van der Waals surface area contributed by atoms with Crippen molar-refractivity contribution in [1.82, 2.24) is 9.97 Å². The fourth-order valence-electron chi connectivity index (χ4n) is 2.19. The van der Waals surface area contributed by atoms with Crippen LogP contribution in [0, 0.1) is 0 Å². The van der Waals surface area contributed by atoms with Crippen LogP contribution in [0.3, 0.4) is 0 Å². The van der Waals surface area contributed by atoms with E-state index in [-0.39, 0.29) is 11.9 Å². The van der Waals surface area contributed by atoms with E-state index in [1.807, 2.05) is 0 Å². The number of aromatic nitrogens is 2. The zero-order valence-corrected chi connectivity index (χ0v) is 10.1. The van der Waals surface area contributed by atoms with Crippen molar-refractivity contribution < 1.29 is 14.3 Å². The number of ketones is 1. The predicted molar refractivity (Wildman–Crippen MR) is 61.4 cm³/mol. The molecule has 1 fully saturated rings. The molecule has 92 valence electrons. The molecule has 0 N–H and O–H groups in total. The van der Waals surface area contributed by atoms with Gasteiger partial charge >= 0.3 is 6.01 Å². The summed E-state index contributed by atoms with van der Waals surface area (Å²) < 4.78 is 10.2. The van der Waals surface area contributed by atoms with Crippen molar-refractivity contribution in [2.75, 3.05) is 14.2 Å². The Morgan fingerprint density at radius 3 is 2.82 bits per heavy atom. The maximum atomic E-state index is 11.5. The lowest BCUT2D eigenvalue weighted by Crippen LogP contribution is -2.15. The van der Waals surface area contributed by atoms with Crippen LogP contribution in [0.2, 0.25) is 0 Å². The highest BCUT2D eigenvalue weighted by atomic mass is 16.5. The first-order chi connectivity index (χ1) is 8.24. The van der Waals surface area contributed by atoms with E-state index < -0.39 is 0 Å². The third-order valence-electron chi connectivity index (χ3n) is 3.06. The highest BCUT2D eigenvalue weighted by Gasteiger charge is 2.25. The number of nitrogens with zero attached hydrogens (tertiary/aromatic N) is 2. The van der Waals surface area contributed by atoms with Crippen LogP contribution in [0.15, 0.2) is 6.20 Å². The first kappa shape index (κ1) is 11.8. The quantitative estimate of drug-likeness (QED) is 0.799. The van der Waals surface area contributed by atoms with Crippen molar-refractivity contribution in [3.05, 3.63) is 11.8 Å². The zero-order valence-electron chi connectivity index (χ0n) is 10.1. The third-order valence-corrected chi connectivity index (χ3v) is 3.06. The summed E-state index contributed by atoms with van der Waals surface area (Å²) in [6.07, 6.45) is 4.87. The molecule has 5 nitrogen and oxygen atoms in total. The molecule has 0 bridgehead atoms. The fraction of sp³-hybridized carbons (Fsp3) is 0.583. The summed E-state index contributed by atoms with van der Waals surface area (Å²) in [4.78, 5) is 19.7. The minimum Gasteiger partial charge on any atom is -0.481 e. The number of carbonyl (C=O) groups excluding carboxylic acids is 1. The van der Waals surface area contributed by atoms with E-state index in [2.05, 4.69) is 9.97 Å². The fourth-order valence-corrected chi connectivity index (χ4v) is 2.19. The van der Waals surface area contributed by atoms with Crippen molar-refractivity contribution in [2.45, 2.75) is 31.6 Å². The Balaban J connectivity index is 2.27. The summed E-state index contributed by atoms with van der Waals surface area (Å²) in [6.45, 7) is 0. The molecule has 1 aromatic heterocycles. The van der Waals surface area contributed by atoms with Crippen molar-refractivity contribution in [1.29, 1.82) is 0 Å². The number of hydrogen-bond acceptors (Lipinski definition) is 5. The van der Waals surface area contributed by atoms with Gasteiger partial charge in [-0.1, -0.05) is 0 Å². The Morgan fingerprint density at radius 2 is 2.18 bits per heavy atom. The van der Waals surface area contributed by atoms with Gasteiger partial charge in [-0.3, -0.25) is 4.79 Å². The van der Waals surface area contributed by atoms with E-state index in [0.717, 1.165) is 18.4 Å². The van der Waals surface area contributed by atoms with Crippen molar-refractivity contribution >= 4 is 5.78 Å². The summed E-state index contributed by atoms with van der Waals surface area (Å²) in [5.41, 5.74) is 0.904. The van der Waals surface area contributed by atoms with Gasteiger partial charge in [-0.25, -0.2) is 4.98 Å². The predicted octanol–water partition coefficient (Wildman–Crippen LogP) is 1.72. The van der Waals surface area contributed by atoms with Crippen molar-refractivity contribution in [3.8, 4) is 11.9 Å². The van der Waals surface area contributed by atoms with Gasteiger partial charge in [-0.05, 0) is 18.8 Å². The monoisotopic (exact) mass is 236 g/mol. The van der Waals surface area contributed by atoms with Crippen LogP contribution >= 0.6 is 0 Å². The minimum atomic E-state index is 0.178. The molecule has 1 aromatic rings. The summed E-state index contributed by atoms with van der Waals surface area (Å²) in [6, 6.07) is 0.285. The largest absolute Gasteiger partial charge is 0.481 e. The van der Waals surface area contributed by atoms with Crippen LogP contribution in [0.4, 0.5) is 0 Å². The van der Waals surface area contributed by atoms with E-state index in [9.17, 15) is 4.79 Å². The molecule has 0 aliphatic heterocycles. The summed E-state index contributed by atoms with van der Waals surface area (Å²) >= 11 is 0. The number of ether oxygens (including phenoxy) is 2. The lowest BCUT2D eigenvalue weighted by atomic mass is 9.84. The number of methoxy groups -OCH3 is 2. The highest BCUT2D eigenvalue weighted by Crippen LogP contribution is 2.35. The second-order valence-corrected chi connectivity index (χ2v) is 4.15. The normalized spacial score (nSPS) is 20.1. The molecule has 17 heavy (non-hydrogen) atoms. The van der Waals surface area contributed by atoms with Gasteiger partial charge in [0.05, 0.1) is 14.2 Å². The molecule has 1 aliphatic rings. The second kappa shape index (κ2) is 5.12. The van der Waals surface area contributed by atoms with E-state index >= 15 is 0 Å². The average Bonchev–Trinajstić information content (AvgIpc) is 2.38. The standard InChI is InChI=1S/C12H16N2O3/c1-16-11-10(7-13-12(14-11)17-2)8-4-3-5-9(15)6-8/h7-8H,3-6H2,1-2H3/t8-/m0/s1. The van der Waals surface area contributed by atoms with Crippen molar-refractivity contribution in [2.24, 2.45) is 0 Å². The Kier molecular flexibility index (Phi) is 3.56. The van der Waals surface area contributed by atoms with Gasteiger partial charge < -0.3 is 9.47 Å². The molecule has 0 aromatic carbocycles. The molecule has 0 unspecified atom stereocenters. The highest BCUT2D eigenvalue weighted by molar-refractivity contribution is 5.80. The van der Waals surface area contributed by atoms with Gasteiger partial charge in [0.1, 0.15) is 5.78 Å². The van der Waals surface area contributed by atoms with Gasteiger partial charge in [0.25, 0.3) is 0 Å². The van der Waals surface area contributed by atoms with Crippen LogP contribution in [0.5, 0.6) is 11.9 Å². The molecule has 2 rings (SSSR count). The number of hydrogen-bond donors (Lipinski definition) is 0. The molecular formula is C12H16N2O3. The first-order valence-electron chi connectivity index (χ1n) is 5.71. The van der Waals surface area contributed by atoms with Gasteiger partial charge in [0.2, 0.25) is 5.88 Å². The number of Topliss-reactive ketones (excluding diaryl/α,β-unsaturated/α-hetero) is 1. The van der Waals surface area contributed by atoms with Crippen LogP contribution in [-0.4, -0.2) is 30.0 Å². The second-order valence-electron chi connectivity index (χ2n) is 4.15. The average molecular weight is 236 g/mol. The van der Waals surface area contributed by atoms with Crippen LogP contribution in [0.25, 0.3) is 0 Å². The zero-order chi connectivity index (χ0) is 12.3. The molecule has 0 saturated heterocycles.